The van der Waals surface area contributed by atoms with Gasteiger partial charge >= 0.3 is 0 Å². The summed E-state index contributed by atoms with van der Waals surface area (Å²) in [6.45, 7) is 9.03. The van der Waals surface area contributed by atoms with Gasteiger partial charge in [-0.05, 0) is 82.3 Å². The van der Waals surface area contributed by atoms with Crippen molar-refractivity contribution in [2.75, 3.05) is 11.9 Å². The Kier molecular flexibility index (Phi) is 4.69. The molecule has 6 heteroatoms. The Balaban J connectivity index is 1.62. The van der Waals surface area contributed by atoms with Crippen molar-refractivity contribution in [3.8, 4) is 17.1 Å². The Morgan fingerprint density at radius 3 is 2.38 bits per heavy atom. The summed E-state index contributed by atoms with van der Waals surface area (Å²) in [5.74, 6) is 1.11. The quantitative estimate of drug-likeness (QED) is 0.699. The SMILES string of the molecule is CN(c1ccc(-c2nccc3cc(O)ccc23)nn1)C1CC(C)(C)NC(C)(C)C1. The number of hydrogen-bond acceptors (Lipinski definition) is 6. The number of fused-ring (bicyclic) bond motifs is 1. The molecule has 1 aliphatic rings. The van der Waals surface area contributed by atoms with Crippen LogP contribution in [0.25, 0.3) is 22.2 Å². The van der Waals surface area contributed by atoms with Crippen LogP contribution in [0.15, 0.2) is 42.6 Å². The Labute approximate surface area is 172 Å². The summed E-state index contributed by atoms with van der Waals surface area (Å²) in [6.07, 6.45) is 3.83. The molecular weight excluding hydrogens is 362 g/mol. The maximum absolute atomic E-state index is 9.73. The molecule has 152 valence electrons. The zero-order chi connectivity index (χ0) is 20.8. The summed E-state index contributed by atoms with van der Waals surface area (Å²) in [7, 11) is 2.10. The van der Waals surface area contributed by atoms with Crippen LogP contribution in [0.4, 0.5) is 5.82 Å². The van der Waals surface area contributed by atoms with E-state index in [9.17, 15) is 5.11 Å². The van der Waals surface area contributed by atoms with Gasteiger partial charge in [0.2, 0.25) is 0 Å². The molecule has 29 heavy (non-hydrogen) atoms. The minimum Gasteiger partial charge on any atom is -0.508 e. The van der Waals surface area contributed by atoms with Crippen molar-refractivity contribution in [2.24, 2.45) is 0 Å². The molecule has 4 rings (SSSR count). The van der Waals surface area contributed by atoms with E-state index in [0.29, 0.717) is 6.04 Å². The standard InChI is InChI=1S/C23H29N5O/c1-22(2)13-16(14-23(3,4)27-22)28(5)20-9-8-19(25-26-20)21-18-7-6-17(29)12-15(18)10-11-24-21/h6-12,16,27,29H,13-14H2,1-5H3. The van der Waals surface area contributed by atoms with E-state index in [1.54, 1.807) is 18.3 Å². The van der Waals surface area contributed by atoms with Crippen molar-refractivity contribution in [2.45, 2.75) is 57.7 Å². The van der Waals surface area contributed by atoms with E-state index in [-0.39, 0.29) is 16.8 Å². The van der Waals surface area contributed by atoms with Gasteiger partial charge in [-0.3, -0.25) is 4.98 Å². The smallest absolute Gasteiger partial charge is 0.151 e. The van der Waals surface area contributed by atoms with E-state index in [1.807, 2.05) is 24.3 Å². The van der Waals surface area contributed by atoms with Gasteiger partial charge in [-0.2, -0.15) is 0 Å². The number of phenols is 1. The molecule has 2 N–H and O–H groups in total. The number of nitrogens with one attached hydrogen (secondary N) is 1. The van der Waals surface area contributed by atoms with Crippen LogP contribution in [0.5, 0.6) is 5.75 Å². The first-order valence-electron chi connectivity index (χ1n) is 10.1. The Hall–Kier alpha value is -2.73. The molecule has 0 saturated carbocycles. The lowest BCUT2D eigenvalue weighted by Crippen LogP contribution is -2.62. The lowest BCUT2D eigenvalue weighted by atomic mass is 9.79. The van der Waals surface area contributed by atoms with Crippen molar-refractivity contribution in [1.82, 2.24) is 20.5 Å². The van der Waals surface area contributed by atoms with Crippen LogP contribution in [-0.2, 0) is 0 Å². The highest BCUT2D eigenvalue weighted by Gasteiger charge is 2.39. The van der Waals surface area contributed by atoms with Crippen molar-refractivity contribution >= 4 is 16.6 Å². The monoisotopic (exact) mass is 391 g/mol. The maximum atomic E-state index is 9.73. The van der Waals surface area contributed by atoms with Gasteiger partial charge < -0.3 is 15.3 Å². The first kappa shape index (κ1) is 19.6. The topological polar surface area (TPSA) is 74.2 Å². The van der Waals surface area contributed by atoms with Gasteiger partial charge in [0.15, 0.2) is 5.82 Å². The number of aromatic hydroxyl groups is 1. The molecule has 1 saturated heterocycles. The highest BCUT2D eigenvalue weighted by Crippen LogP contribution is 2.33. The lowest BCUT2D eigenvalue weighted by molar-refractivity contribution is 0.160. The van der Waals surface area contributed by atoms with Gasteiger partial charge in [0.05, 0.1) is 5.69 Å². The normalized spacial score (nSPS) is 18.7. The molecule has 3 aromatic rings. The number of aromatic nitrogens is 3. The first-order chi connectivity index (χ1) is 13.6. The van der Waals surface area contributed by atoms with Gasteiger partial charge in [0, 0.05) is 35.8 Å². The molecule has 1 aliphatic heterocycles. The summed E-state index contributed by atoms with van der Waals surface area (Å²) >= 11 is 0. The average Bonchev–Trinajstić information content (AvgIpc) is 2.64. The van der Waals surface area contributed by atoms with Crippen LogP contribution in [0.3, 0.4) is 0 Å². The number of phenolic OH excluding ortho intramolecular Hbond substituents is 1. The van der Waals surface area contributed by atoms with Crippen LogP contribution in [-0.4, -0.2) is 44.5 Å². The fourth-order valence-corrected chi connectivity index (χ4v) is 4.74. The molecule has 2 aromatic heterocycles. The molecule has 0 bridgehead atoms. The molecule has 0 atom stereocenters. The van der Waals surface area contributed by atoms with Gasteiger partial charge in [0.25, 0.3) is 0 Å². The van der Waals surface area contributed by atoms with Crippen LogP contribution in [0.2, 0.25) is 0 Å². The van der Waals surface area contributed by atoms with Gasteiger partial charge in [0.1, 0.15) is 11.4 Å². The molecule has 6 nitrogen and oxygen atoms in total. The van der Waals surface area contributed by atoms with E-state index < -0.39 is 0 Å². The molecule has 0 radical (unpaired) electrons. The van der Waals surface area contributed by atoms with Gasteiger partial charge in [-0.1, -0.05) is 0 Å². The summed E-state index contributed by atoms with van der Waals surface area (Å²) < 4.78 is 0. The molecule has 0 aliphatic carbocycles. The second-order valence-corrected chi connectivity index (χ2v) is 9.41. The molecule has 0 amide bonds. The predicted octanol–water partition coefficient (Wildman–Crippen LogP) is 4.14. The minimum absolute atomic E-state index is 0.0759. The fraction of sp³-hybridized carbons (Fsp3) is 0.435. The number of piperidine rings is 1. The first-order valence-corrected chi connectivity index (χ1v) is 10.1. The lowest BCUT2D eigenvalue weighted by Gasteiger charge is -2.49. The maximum Gasteiger partial charge on any atom is 0.151 e. The van der Waals surface area contributed by atoms with E-state index in [0.717, 1.165) is 40.8 Å². The van der Waals surface area contributed by atoms with Crippen LogP contribution < -0.4 is 10.2 Å². The predicted molar refractivity (Wildman–Crippen MR) is 117 cm³/mol. The summed E-state index contributed by atoms with van der Waals surface area (Å²) in [4.78, 5) is 6.75. The zero-order valence-corrected chi connectivity index (χ0v) is 17.8. The molecule has 0 spiro atoms. The van der Waals surface area contributed by atoms with Crippen LogP contribution >= 0.6 is 0 Å². The molecule has 1 fully saturated rings. The van der Waals surface area contributed by atoms with E-state index in [2.05, 4.69) is 60.1 Å². The van der Waals surface area contributed by atoms with Crippen molar-refractivity contribution < 1.29 is 5.11 Å². The second kappa shape index (κ2) is 6.95. The van der Waals surface area contributed by atoms with Crippen molar-refractivity contribution in [3.63, 3.8) is 0 Å². The van der Waals surface area contributed by atoms with Gasteiger partial charge in [-0.25, -0.2) is 0 Å². The number of nitrogens with zero attached hydrogens (tertiary/aromatic N) is 4. The number of rotatable bonds is 3. The number of benzene rings is 1. The van der Waals surface area contributed by atoms with Gasteiger partial charge in [-0.15, -0.1) is 10.2 Å². The summed E-state index contributed by atoms with van der Waals surface area (Å²) in [5, 5.41) is 24.3. The fourth-order valence-electron chi connectivity index (χ4n) is 4.74. The highest BCUT2D eigenvalue weighted by molar-refractivity contribution is 5.94. The number of pyridine rings is 1. The average molecular weight is 392 g/mol. The molecule has 1 aromatic carbocycles. The Morgan fingerprint density at radius 2 is 1.72 bits per heavy atom. The zero-order valence-electron chi connectivity index (χ0n) is 17.8. The van der Waals surface area contributed by atoms with Crippen molar-refractivity contribution in [3.05, 3.63) is 42.6 Å². The van der Waals surface area contributed by atoms with E-state index in [4.69, 9.17) is 0 Å². The Morgan fingerprint density at radius 1 is 1.00 bits per heavy atom. The highest BCUT2D eigenvalue weighted by atomic mass is 16.3. The molecular formula is C23H29N5O. The van der Waals surface area contributed by atoms with Crippen molar-refractivity contribution in [1.29, 1.82) is 0 Å². The summed E-state index contributed by atoms with van der Waals surface area (Å²) in [6, 6.07) is 11.5. The Bertz CT molecular complexity index is 1010. The third-order valence-electron chi connectivity index (χ3n) is 5.72. The number of hydrogen-bond donors (Lipinski definition) is 2. The number of anilines is 1. The van der Waals surface area contributed by atoms with E-state index in [1.165, 1.54) is 0 Å². The minimum atomic E-state index is 0.0759. The molecule has 0 unspecified atom stereocenters. The third kappa shape index (κ3) is 4.03. The molecule has 3 heterocycles. The van der Waals surface area contributed by atoms with E-state index >= 15 is 0 Å². The summed E-state index contributed by atoms with van der Waals surface area (Å²) in [5.41, 5.74) is 1.65. The van der Waals surface area contributed by atoms with Crippen LogP contribution in [0.1, 0.15) is 40.5 Å². The second-order valence-electron chi connectivity index (χ2n) is 9.41. The largest absolute Gasteiger partial charge is 0.508 e. The van der Waals surface area contributed by atoms with Crippen LogP contribution in [0, 0.1) is 0 Å². The third-order valence-corrected chi connectivity index (χ3v) is 5.72.